The van der Waals surface area contributed by atoms with Gasteiger partial charge in [0.15, 0.2) is 0 Å². The fourth-order valence-electron chi connectivity index (χ4n) is 3.60. The van der Waals surface area contributed by atoms with Crippen molar-refractivity contribution < 1.29 is 14.7 Å². The number of benzene rings is 1. The average molecular weight is 360 g/mol. The van der Waals surface area contributed by atoms with Crippen molar-refractivity contribution in [3.8, 4) is 0 Å². The Balaban J connectivity index is 1.49. The number of nitrogens with zero attached hydrogens (tertiary/aromatic N) is 1. The Morgan fingerprint density at radius 1 is 1.35 bits per heavy atom. The molecule has 0 radical (unpaired) electrons. The van der Waals surface area contributed by atoms with Gasteiger partial charge in [-0.2, -0.15) is 0 Å². The Hall–Kier alpha value is -2.12. The summed E-state index contributed by atoms with van der Waals surface area (Å²) >= 11 is 0. The van der Waals surface area contributed by atoms with E-state index in [1.165, 1.54) is 0 Å². The van der Waals surface area contributed by atoms with Crippen molar-refractivity contribution in [1.29, 1.82) is 0 Å². The minimum atomic E-state index is -0.404. The molecule has 142 valence electrons. The van der Waals surface area contributed by atoms with Crippen molar-refractivity contribution in [2.75, 3.05) is 38.0 Å². The highest BCUT2D eigenvalue weighted by molar-refractivity contribution is 5.90. The molecule has 0 aromatic heterocycles. The molecule has 0 saturated carbocycles. The first-order valence-electron chi connectivity index (χ1n) is 9.32. The molecular formula is C19H28N4O3. The lowest BCUT2D eigenvalue weighted by atomic mass is 9.97. The zero-order valence-corrected chi connectivity index (χ0v) is 15.2. The molecule has 3 atom stereocenters. The van der Waals surface area contributed by atoms with E-state index in [1.54, 1.807) is 4.90 Å². The number of hydrogen-bond acceptors (Lipinski definition) is 4. The van der Waals surface area contributed by atoms with Crippen molar-refractivity contribution in [3.05, 3.63) is 29.8 Å². The molecule has 4 N–H and O–H groups in total. The number of likely N-dealkylation sites (tertiary alicyclic amines) is 1. The predicted molar refractivity (Wildman–Crippen MR) is 99.9 cm³/mol. The molecule has 1 aromatic carbocycles. The summed E-state index contributed by atoms with van der Waals surface area (Å²) in [5, 5.41) is 18.8. The Labute approximate surface area is 154 Å². The van der Waals surface area contributed by atoms with Gasteiger partial charge >= 0.3 is 6.03 Å². The van der Waals surface area contributed by atoms with Crippen molar-refractivity contribution in [3.63, 3.8) is 0 Å². The van der Waals surface area contributed by atoms with Gasteiger partial charge in [0, 0.05) is 44.3 Å². The van der Waals surface area contributed by atoms with Gasteiger partial charge in [-0.3, -0.25) is 4.79 Å². The van der Waals surface area contributed by atoms with Gasteiger partial charge < -0.3 is 26.0 Å². The maximum Gasteiger partial charge on any atom is 0.321 e. The van der Waals surface area contributed by atoms with Crippen LogP contribution in [0.25, 0.3) is 0 Å². The number of aliphatic hydroxyl groups excluding tert-OH is 1. The van der Waals surface area contributed by atoms with Crippen LogP contribution in [0, 0.1) is 18.8 Å². The van der Waals surface area contributed by atoms with Crippen LogP contribution in [0.4, 0.5) is 10.5 Å². The molecule has 7 nitrogen and oxygen atoms in total. The maximum absolute atomic E-state index is 12.5. The lowest BCUT2D eigenvalue weighted by Crippen LogP contribution is -2.47. The van der Waals surface area contributed by atoms with Crippen LogP contribution in [0.3, 0.4) is 0 Å². The van der Waals surface area contributed by atoms with Gasteiger partial charge in [0.25, 0.3) is 0 Å². The number of aryl methyl sites for hydroxylation is 1. The summed E-state index contributed by atoms with van der Waals surface area (Å²) in [5.41, 5.74) is 1.85. The number of rotatable bonds is 4. The Bertz CT molecular complexity index is 651. The highest BCUT2D eigenvalue weighted by Gasteiger charge is 2.30. The summed E-state index contributed by atoms with van der Waals surface area (Å²) < 4.78 is 0. The van der Waals surface area contributed by atoms with Gasteiger partial charge in [-0.1, -0.05) is 12.1 Å². The lowest BCUT2D eigenvalue weighted by molar-refractivity contribution is -0.126. The number of carbonyl (C=O) groups is 2. The number of urea groups is 1. The van der Waals surface area contributed by atoms with E-state index in [4.69, 9.17) is 0 Å². The molecule has 1 aromatic rings. The third kappa shape index (κ3) is 4.74. The van der Waals surface area contributed by atoms with E-state index < -0.39 is 6.10 Å². The third-order valence-corrected chi connectivity index (χ3v) is 5.19. The van der Waals surface area contributed by atoms with Crippen molar-refractivity contribution in [2.45, 2.75) is 25.9 Å². The first-order valence-corrected chi connectivity index (χ1v) is 9.32. The van der Waals surface area contributed by atoms with Crippen molar-refractivity contribution in [2.24, 2.45) is 11.8 Å². The van der Waals surface area contributed by atoms with Gasteiger partial charge in [0.05, 0.1) is 12.0 Å². The Morgan fingerprint density at radius 2 is 2.19 bits per heavy atom. The van der Waals surface area contributed by atoms with E-state index in [0.29, 0.717) is 26.2 Å². The molecule has 2 aliphatic rings. The second kappa shape index (κ2) is 8.51. The van der Waals surface area contributed by atoms with Crippen LogP contribution in [0.15, 0.2) is 24.3 Å². The molecule has 2 aliphatic heterocycles. The monoisotopic (exact) mass is 360 g/mol. The summed E-state index contributed by atoms with van der Waals surface area (Å²) in [6.07, 6.45) is 1.19. The summed E-state index contributed by atoms with van der Waals surface area (Å²) in [5.74, 6) is -0.168. The standard InChI is InChI=1S/C19H28N4O3/c1-13-4-2-6-16(8-13)22-19(26)23-7-3-5-14(12-23)18(25)21-10-15-9-20-11-17(15)24/h2,4,6,8,14-15,17,20,24H,3,5,7,9-12H2,1H3,(H,21,25)(H,22,26). The smallest absolute Gasteiger partial charge is 0.321 e. The molecular weight excluding hydrogens is 332 g/mol. The average Bonchev–Trinajstić information content (AvgIpc) is 3.05. The minimum absolute atomic E-state index is 0.0304. The van der Waals surface area contributed by atoms with Gasteiger partial charge in [0.1, 0.15) is 0 Å². The number of anilines is 1. The maximum atomic E-state index is 12.5. The molecule has 0 spiro atoms. The first kappa shape index (κ1) is 18.7. The van der Waals surface area contributed by atoms with Crippen LogP contribution >= 0.6 is 0 Å². The Morgan fingerprint density at radius 3 is 2.92 bits per heavy atom. The number of hydrogen-bond donors (Lipinski definition) is 4. The molecule has 26 heavy (non-hydrogen) atoms. The van der Waals surface area contributed by atoms with E-state index in [0.717, 1.165) is 30.6 Å². The van der Waals surface area contributed by atoms with E-state index >= 15 is 0 Å². The van der Waals surface area contributed by atoms with E-state index in [2.05, 4.69) is 16.0 Å². The zero-order chi connectivity index (χ0) is 18.5. The lowest BCUT2D eigenvalue weighted by Gasteiger charge is -2.32. The van der Waals surface area contributed by atoms with E-state index in [-0.39, 0.29) is 23.8 Å². The molecule has 0 aliphatic carbocycles. The number of amides is 3. The molecule has 3 amide bonds. The highest BCUT2D eigenvalue weighted by atomic mass is 16.3. The van der Waals surface area contributed by atoms with Crippen LogP contribution in [-0.4, -0.2) is 60.8 Å². The van der Waals surface area contributed by atoms with Crippen LogP contribution in [-0.2, 0) is 4.79 Å². The van der Waals surface area contributed by atoms with Gasteiger partial charge in [-0.25, -0.2) is 4.79 Å². The summed E-state index contributed by atoms with van der Waals surface area (Å²) in [4.78, 5) is 26.7. The number of aliphatic hydroxyl groups is 1. The van der Waals surface area contributed by atoms with Gasteiger partial charge in [-0.05, 0) is 37.5 Å². The molecule has 3 rings (SSSR count). The Kier molecular flexibility index (Phi) is 6.11. The minimum Gasteiger partial charge on any atom is -0.391 e. The van der Waals surface area contributed by atoms with Crippen LogP contribution in [0.1, 0.15) is 18.4 Å². The number of β-amino-alcohol motifs (C(OH)–C–C–N with tert-alkyl or cyclic N) is 1. The molecule has 2 saturated heterocycles. The van der Waals surface area contributed by atoms with Crippen LogP contribution in [0.2, 0.25) is 0 Å². The number of carbonyl (C=O) groups excluding carboxylic acids is 2. The zero-order valence-electron chi connectivity index (χ0n) is 15.2. The molecule has 2 heterocycles. The molecule has 3 unspecified atom stereocenters. The second-order valence-electron chi connectivity index (χ2n) is 7.32. The van der Waals surface area contributed by atoms with Gasteiger partial charge in [0.2, 0.25) is 5.91 Å². The van der Waals surface area contributed by atoms with Crippen molar-refractivity contribution in [1.82, 2.24) is 15.5 Å². The fourth-order valence-corrected chi connectivity index (χ4v) is 3.60. The first-order chi connectivity index (χ1) is 12.5. The number of piperidine rings is 1. The molecule has 2 fully saturated rings. The summed E-state index contributed by atoms with van der Waals surface area (Å²) in [6, 6.07) is 7.51. The molecule has 0 bridgehead atoms. The largest absolute Gasteiger partial charge is 0.391 e. The highest BCUT2D eigenvalue weighted by Crippen LogP contribution is 2.19. The quantitative estimate of drug-likeness (QED) is 0.643. The van der Waals surface area contributed by atoms with E-state index in [1.807, 2.05) is 31.2 Å². The SMILES string of the molecule is Cc1cccc(NC(=O)N2CCCC(C(=O)NCC3CNCC3O)C2)c1. The van der Waals surface area contributed by atoms with Gasteiger partial charge in [-0.15, -0.1) is 0 Å². The van der Waals surface area contributed by atoms with E-state index in [9.17, 15) is 14.7 Å². The topological polar surface area (TPSA) is 93.7 Å². The molecule has 7 heteroatoms. The van der Waals surface area contributed by atoms with Crippen LogP contribution < -0.4 is 16.0 Å². The fraction of sp³-hybridized carbons (Fsp3) is 0.579. The van der Waals surface area contributed by atoms with Crippen molar-refractivity contribution >= 4 is 17.6 Å². The normalized spacial score (nSPS) is 25.8. The van der Waals surface area contributed by atoms with Crippen LogP contribution in [0.5, 0.6) is 0 Å². The number of nitrogens with one attached hydrogen (secondary N) is 3. The second-order valence-corrected chi connectivity index (χ2v) is 7.32. The summed E-state index contributed by atoms with van der Waals surface area (Å²) in [7, 11) is 0. The third-order valence-electron chi connectivity index (χ3n) is 5.19. The predicted octanol–water partition coefficient (Wildman–Crippen LogP) is 0.935. The summed E-state index contributed by atoms with van der Waals surface area (Å²) in [6.45, 7) is 4.84.